The third-order valence-corrected chi connectivity index (χ3v) is 2.75. The van der Waals surface area contributed by atoms with E-state index in [1.807, 2.05) is 31.2 Å². The van der Waals surface area contributed by atoms with Crippen LogP contribution in [0.4, 0.5) is 0 Å². The van der Waals surface area contributed by atoms with Crippen molar-refractivity contribution in [2.45, 2.75) is 32.9 Å². The van der Waals surface area contributed by atoms with E-state index in [1.165, 1.54) is 0 Å². The van der Waals surface area contributed by atoms with Gasteiger partial charge in [0.25, 0.3) is 0 Å². The fraction of sp³-hybridized carbons (Fsp3) is 0.429. The van der Waals surface area contributed by atoms with Crippen LogP contribution in [-0.4, -0.2) is 24.4 Å². The molecule has 1 atom stereocenters. The lowest BCUT2D eigenvalue weighted by Crippen LogP contribution is -2.45. The summed E-state index contributed by atoms with van der Waals surface area (Å²) in [4.78, 5) is 23.2. The third kappa shape index (κ3) is 5.09. The Bertz CT molecular complexity index is 429. The minimum absolute atomic E-state index is 0.167. The fourth-order valence-corrected chi connectivity index (χ4v) is 1.66. The van der Waals surface area contributed by atoms with Gasteiger partial charge in [-0.05, 0) is 25.0 Å². The number of hydrogen-bond acceptors (Lipinski definition) is 3. The van der Waals surface area contributed by atoms with Gasteiger partial charge in [0, 0.05) is 13.1 Å². The number of rotatable bonds is 6. The first-order valence-electron chi connectivity index (χ1n) is 6.41. The standard InChI is InChI=1S/C14H21N3O2/c1-3-16-14(19)10(2)17-13(18)8-11-4-6-12(9-15)7-5-11/h4-7,10H,3,8-9,15H2,1-2H3,(H,16,19)(H,17,18). The average molecular weight is 263 g/mol. The molecule has 0 saturated heterocycles. The Morgan fingerprint density at radius 2 is 1.79 bits per heavy atom. The summed E-state index contributed by atoms with van der Waals surface area (Å²) in [5.41, 5.74) is 7.43. The van der Waals surface area contributed by atoms with Gasteiger partial charge >= 0.3 is 0 Å². The number of benzene rings is 1. The summed E-state index contributed by atoms with van der Waals surface area (Å²) in [7, 11) is 0. The molecule has 0 aliphatic heterocycles. The van der Waals surface area contributed by atoms with Crippen molar-refractivity contribution in [1.82, 2.24) is 10.6 Å². The Balaban J connectivity index is 2.48. The molecular weight excluding hydrogens is 242 g/mol. The summed E-state index contributed by atoms with van der Waals surface area (Å²) in [5.74, 6) is -0.339. The minimum Gasteiger partial charge on any atom is -0.355 e. The van der Waals surface area contributed by atoms with E-state index >= 15 is 0 Å². The highest BCUT2D eigenvalue weighted by molar-refractivity contribution is 5.88. The van der Waals surface area contributed by atoms with Gasteiger partial charge in [-0.15, -0.1) is 0 Å². The fourth-order valence-electron chi connectivity index (χ4n) is 1.66. The van der Waals surface area contributed by atoms with Gasteiger partial charge in [-0.3, -0.25) is 9.59 Å². The zero-order chi connectivity index (χ0) is 14.3. The van der Waals surface area contributed by atoms with Gasteiger partial charge in [-0.25, -0.2) is 0 Å². The number of likely N-dealkylation sites (N-methyl/N-ethyl adjacent to an activating group) is 1. The molecule has 19 heavy (non-hydrogen) atoms. The highest BCUT2D eigenvalue weighted by Gasteiger charge is 2.14. The first-order valence-corrected chi connectivity index (χ1v) is 6.41. The molecule has 0 aliphatic rings. The normalized spacial score (nSPS) is 11.7. The van der Waals surface area contributed by atoms with E-state index < -0.39 is 6.04 Å². The summed E-state index contributed by atoms with van der Waals surface area (Å²) < 4.78 is 0. The molecule has 0 aromatic heterocycles. The van der Waals surface area contributed by atoms with Crippen LogP contribution >= 0.6 is 0 Å². The largest absolute Gasteiger partial charge is 0.355 e. The highest BCUT2D eigenvalue weighted by Crippen LogP contribution is 2.04. The summed E-state index contributed by atoms with van der Waals surface area (Å²) in [6.45, 7) is 4.55. The van der Waals surface area contributed by atoms with E-state index in [4.69, 9.17) is 5.73 Å². The van der Waals surface area contributed by atoms with Crippen LogP contribution in [0.1, 0.15) is 25.0 Å². The van der Waals surface area contributed by atoms with Crippen molar-refractivity contribution in [2.24, 2.45) is 5.73 Å². The molecule has 2 amide bonds. The average Bonchev–Trinajstić information content (AvgIpc) is 2.39. The van der Waals surface area contributed by atoms with Crippen molar-refractivity contribution in [2.75, 3.05) is 6.54 Å². The summed E-state index contributed by atoms with van der Waals surface area (Å²) in [5, 5.41) is 5.33. The highest BCUT2D eigenvalue weighted by atomic mass is 16.2. The zero-order valence-electron chi connectivity index (χ0n) is 11.4. The van der Waals surface area contributed by atoms with Crippen LogP contribution in [0.2, 0.25) is 0 Å². The van der Waals surface area contributed by atoms with E-state index in [9.17, 15) is 9.59 Å². The lowest BCUT2D eigenvalue weighted by Gasteiger charge is -2.13. The molecule has 0 bridgehead atoms. The Morgan fingerprint density at radius 3 is 2.32 bits per heavy atom. The van der Waals surface area contributed by atoms with Crippen LogP contribution in [0.3, 0.4) is 0 Å². The van der Waals surface area contributed by atoms with Gasteiger partial charge in [0.15, 0.2) is 0 Å². The number of amides is 2. The topological polar surface area (TPSA) is 84.2 Å². The number of nitrogens with two attached hydrogens (primary N) is 1. The van der Waals surface area contributed by atoms with E-state index in [0.717, 1.165) is 11.1 Å². The molecule has 0 radical (unpaired) electrons. The summed E-state index contributed by atoms with van der Waals surface area (Å²) >= 11 is 0. The van der Waals surface area contributed by atoms with E-state index in [-0.39, 0.29) is 18.2 Å². The van der Waals surface area contributed by atoms with E-state index in [0.29, 0.717) is 13.1 Å². The molecule has 1 rings (SSSR count). The van der Waals surface area contributed by atoms with Crippen molar-refractivity contribution in [1.29, 1.82) is 0 Å². The van der Waals surface area contributed by atoms with Gasteiger partial charge in [0.05, 0.1) is 6.42 Å². The van der Waals surface area contributed by atoms with Gasteiger partial charge in [-0.1, -0.05) is 24.3 Å². The van der Waals surface area contributed by atoms with E-state index in [2.05, 4.69) is 10.6 Å². The molecule has 1 aromatic rings. The molecule has 1 unspecified atom stereocenters. The SMILES string of the molecule is CCNC(=O)C(C)NC(=O)Cc1ccc(CN)cc1. The monoisotopic (exact) mass is 263 g/mol. The Hall–Kier alpha value is -1.88. The lowest BCUT2D eigenvalue weighted by atomic mass is 10.1. The van der Waals surface area contributed by atoms with Crippen LogP contribution in [-0.2, 0) is 22.6 Å². The first-order chi connectivity index (χ1) is 9.06. The predicted octanol–water partition coefficient (Wildman–Crippen LogP) is 0.329. The molecule has 4 N–H and O–H groups in total. The molecule has 5 heteroatoms. The van der Waals surface area contributed by atoms with Crippen molar-refractivity contribution >= 4 is 11.8 Å². The predicted molar refractivity (Wildman–Crippen MR) is 74.3 cm³/mol. The van der Waals surface area contributed by atoms with Crippen LogP contribution in [0.15, 0.2) is 24.3 Å². The van der Waals surface area contributed by atoms with E-state index in [1.54, 1.807) is 6.92 Å². The van der Waals surface area contributed by atoms with Crippen molar-refractivity contribution in [3.8, 4) is 0 Å². The van der Waals surface area contributed by atoms with Gasteiger partial charge < -0.3 is 16.4 Å². The van der Waals surface area contributed by atoms with Crippen molar-refractivity contribution in [3.63, 3.8) is 0 Å². The molecule has 0 fully saturated rings. The van der Waals surface area contributed by atoms with Gasteiger partial charge in [0.2, 0.25) is 11.8 Å². The molecule has 0 heterocycles. The van der Waals surface area contributed by atoms with Crippen molar-refractivity contribution in [3.05, 3.63) is 35.4 Å². The Labute approximate surface area is 113 Å². The Kier molecular flexibility index (Phi) is 6.02. The molecule has 0 aliphatic carbocycles. The first kappa shape index (κ1) is 15.2. The molecule has 104 valence electrons. The molecule has 0 saturated carbocycles. The second-order valence-corrected chi connectivity index (χ2v) is 4.38. The number of carbonyl (C=O) groups excluding carboxylic acids is 2. The zero-order valence-corrected chi connectivity index (χ0v) is 11.4. The van der Waals surface area contributed by atoms with Crippen LogP contribution in [0.5, 0.6) is 0 Å². The lowest BCUT2D eigenvalue weighted by molar-refractivity contribution is -0.128. The maximum absolute atomic E-state index is 11.8. The van der Waals surface area contributed by atoms with Crippen LogP contribution < -0.4 is 16.4 Å². The number of carbonyl (C=O) groups is 2. The molecule has 5 nitrogen and oxygen atoms in total. The summed E-state index contributed by atoms with van der Waals surface area (Å²) in [6, 6.07) is 7.03. The Morgan fingerprint density at radius 1 is 1.21 bits per heavy atom. The second kappa shape index (κ2) is 7.53. The van der Waals surface area contributed by atoms with Gasteiger partial charge in [-0.2, -0.15) is 0 Å². The van der Waals surface area contributed by atoms with Gasteiger partial charge in [0.1, 0.15) is 6.04 Å². The number of nitrogens with one attached hydrogen (secondary N) is 2. The van der Waals surface area contributed by atoms with Crippen LogP contribution in [0.25, 0.3) is 0 Å². The second-order valence-electron chi connectivity index (χ2n) is 4.38. The maximum atomic E-state index is 11.8. The number of hydrogen-bond donors (Lipinski definition) is 3. The molecule has 1 aromatic carbocycles. The smallest absolute Gasteiger partial charge is 0.242 e. The third-order valence-electron chi connectivity index (χ3n) is 2.75. The van der Waals surface area contributed by atoms with Crippen LogP contribution in [0, 0.1) is 0 Å². The minimum atomic E-state index is -0.518. The quantitative estimate of drug-likeness (QED) is 0.691. The van der Waals surface area contributed by atoms with Crippen molar-refractivity contribution < 1.29 is 9.59 Å². The molecule has 0 spiro atoms. The summed E-state index contributed by atoms with van der Waals surface area (Å²) in [6.07, 6.45) is 0.259. The molecular formula is C14H21N3O2. The maximum Gasteiger partial charge on any atom is 0.242 e.